The first-order valence-corrected chi connectivity index (χ1v) is 9.89. The summed E-state index contributed by atoms with van der Waals surface area (Å²) in [5.41, 5.74) is 2.08. The van der Waals surface area contributed by atoms with Crippen LogP contribution in [-0.2, 0) is 0 Å². The molecule has 2 fully saturated rings. The third-order valence-corrected chi connectivity index (χ3v) is 5.83. The zero-order valence-electron chi connectivity index (χ0n) is 15.7. The van der Waals surface area contributed by atoms with Gasteiger partial charge in [0.1, 0.15) is 12.1 Å². The van der Waals surface area contributed by atoms with Crippen LogP contribution in [0.3, 0.4) is 0 Å². The smallest absolute Gasteiger partial charge is 0.266 e. The molecule has 1 unspecified atom stereocenters. The number of fused-ring (bicyclic) bond motifs is 1. The molecule has 4 aromatic rings. The standard InChI is InChI=1S/C20H20N8O/c1-2-4-12(5-3-1)14-8-15(14)19-25-20(27-29-19)28-7-6-13(10-28)24-17-16-9-23-26-18(16)22-11-21-17/h1-5,9,11,13-15H,6-8,10H2,(H2,21,22,23,24,26)/t13-,14+,15?/m0/s1. The summed E-state index contributed by atoms with van der Waals surface area (Å²) in [5, 5.41) is 15.6. The first kappa shape index (κ1) is 16.5. The van der Waals surface area contributed by atoms with Crippen molar-refractivity contribution in [1.29, 1.82) is 0 Å². The second-order valence-corrected chi connectivity index (χ2v) is 7.72. The number of rotatable bonds is 5. The summed E-state index contributed by atoms with van der Waals surface area (Å²) in [5.74, 6) is 3.06. The molecule has 1 aliphatic carbocycles. The van der Waals surface area contributed by atoms with Gasteiger partial charge < -0.3 is 14.7 Å². The highest BCUT2D eigenvalue weighted by Gasteiger charge is 2.44. The van der Waals surface area contributed by atoms with Gasteiger partial charge in [-0.25, -0.2) is 9.97 Å². The summed E-state index contributed by atoms with van der Waals surface area (Å²) in [6, 6.07) is 10.8. The highest BCUT2D eigenvalue weighted by atomic mass is 16.5. The Balaban J connectivity index is 1.12. The quantitative estimate of drug-likeness (QED) is 0.537. The molecule has 1 aromatic carbocycles. The lowest BCUT2D eigenvalue weighted by Gasteiger charge is -2.15. The van der Waals surface area contributed by atoms with Crippen LogP contribution in [0.15, 0.2) is 47.4 Å². The van der Waals surface area contributed by atoms with Crippen LogP contribution in [0.1, 0.15) is 36.1 Å². The Bertz CT molecular complexity index is 1140. The van der Waals surface area contributed by atoms with Crippen molar-refractivity contribution in [2.45, 2.75) is 30.7 Å². The van der Waals surface area contributed by atoms with E-state index in [1.165, 1.54) is 5.56 Å². The van der Waals surface area contributed by atoms with Gasteiger partial charge in [0.2, 0.25) is 5.89 Å². The number of hydrogen-bond donors (Lipinski definition) is 2. The average molecular weight is 388 g/mol. The monoisotopic (exact) mass is 388 g/mol. The first-order chi connectivity index (χ1) is 14.3. The van der Waals surface area contributed by atoms with E-state index < -0.39 is 0 Å². The summed E-state index contributed by atoms with van der Waals surface area (Å²) in [4.78, 5) is 15.4. The molecule has 2 N–H and O–H groups in total. The molecular weight excluding hydrogens is 368 g/mol. The molecule has 1 saturated carbocycles. The number of H-pyrrole nitrogens is 1. The fourth-order valence-electron chi connectivity index (χ4n) is 4.18. The van der Waals surface area contributed by atoms with Crippen molar-refractivity contribution in [3.05, 3.63) is 54.3 Å². The Morgan fingerprint density at radius 2 is 2.07 bits per heavy atom. The average Bonchev–Trinajstić information content (AvgIpc) is 3.14. The van der Waals surface area contributed by atoms with Crippen LogP contribution in [0, 0.1) is 0 Å². The molecule has 0 radical (unpaired) electrons. The predicted molar refractivity (Wildman–Crippen MR) is 107 cm³/mol. The molecule has 0 amide bonds. The van der Waals surface area contributed by atoms with E-state index in [4.69, 9.17) is 9.51 Å². The van der Waals surface area contributed by atoms with Crippen LogP contribution in [0.2, 0.25) is 0 Å². The molecule has 3 atom stereocenters. The predicted octanol–water partition coefficient (Wildman–Crippen LogP) is 2.70. The third kappa shape index (κ3) is 2.98. The molecule has 4 heterocycles. The summed E-state index contributed by atoms with van der Waals surface area (Å²) in [6.07, 6.45) is 5.34. The molecule has 1 saturated heterocycles. The SMILES string of the molecule is c1ccc([C@H]2CC2c2nc(N3CC[C@H](Nc4ncnc5[nH]ncc45)C3)no2)cc1. The molecule has 29 heavy (non-hydrogen) atoms. The molecule has 2 aliphatic rings. The number of aromatic amines is 1. The van der Waals surface area contributed by atoms with Crippen molar-refractivity contribution >= 4 is 22.8 Å². The normalized spacial score (nSPS) is 23.6. The number of benzene rings is 1. The minimum atomic E-state index is 0.253. The van der Waals surface area contributed by atoms with E-state index in [1.807, 2.05) is 6.07 Å². The second kappa shape index (κ2) is 6.54. The van der Waals surface area contributed by atoms with Gasteiger partial charge in [-0.2, -0.15) is 10.1 Å². The van der Waals surface area contributed by atoms with E-state index in [-0.39, 0.29) is 6.04 Å². The molecule has 0 spiro atoms. The van der Waals surface area contributed by atoms with Gasteiger partial charge >= 0.3 is 0 Å². The maximum atomic E-state index is 5.60. The molecule has 6 rings (SSSR count). The topological polar surface area (TPSA) is 109 Å². The molecule has 9 nitrogen and oxygen atoms in total. The van der Waals surface area contributed by atoms with Gasteiger partial charge in [-0.3, -0.25) is 5.10 Å². The lowest BCUT2D eigenvalue weighted by molar-refractivity contribution is 0.377. The van der Waals surface area contributed by atoms with E-state index >= 15 is 0 Å². The van der Waals surface area contributed by atoms with Crippen molar-refractivity contribution in [1.82, 2.24) is 30.3 Å². The number of nitrogens with zero attached hydrogens (tertiary/aromatic N) is 6. The van der Waals surface area contributed by atoms with Crippen LogP contribution < -0.4 is 10.2 Å². The fraction of sp³-hybridized carbons (Fsp3) is 0.350. The highest BCUT2D eigenvalue weighted by Crippen LogP contribution is 2.54. The molecular formula is C20H20N8O. The van der Waals surface area contributed by atoms with Crippen molar-refractivity contribution in [3.8, 4) is 0 Å². The van der Waals surface area contributed by atoms with Crippen molar-refractivity contribution in [3.63, 3.8) is 0 Å². The van der Waals surface area contributed by atoms with Gasteiger partial charge in [0.05, 0.1) is 11.6 Å². The highest BCUT2D eigenvalue weighted by molar-refractivity contribution is 5.85. The van der Waals surface area contributed by atoms with E-state index in [0.717, 1.165) is 48.7 Å². The Kier molecular flexibility index (Phi) is 3.71. The van der Waals surface area contributed by atoms with Gasteiger partial charge in [0.25, 0.3) is 5.95 Å². The molecule has 146 valence electrons. The van der Waals surface area contributed by atoms with Crippen molar-refractivity contribution in [2.24, 2.45) is 0 Å². The third-order valence-electron chi connectivity index (χ3n) is 5.83. The maximum absolute atomic E-state index is 5.60. The van der Waals surface area contributed by atoms with Gasteiger partial charge in [-0.1, -0.05) is 30.3 Å². The Hall–Kier alpha value is -3.49. The van der Waals surface area contributed by atoms with Gasteiger partial charge in [-0.05, 0) is 29.5 Å². The number of aromatic nitrogens is 6. The zero-order valence-corrected chi connectivity index (χ0v) is 15.7. The molecule has 9 heteroatoms. The first-order valence-electron chi connectivity index (χ1n) is 9.89. The number of hydrogen-bond acceptors (Lipinski definition) is 8. The number of anilines is 2. The lowest BCUT2D eigenvalue weighted by atomic mass is 10.1. The van der Waals surface area contributed by atoms with Gasteiger partial charge in [0.15, 0.2) is 5.65 Å². The van der Waals surface area contributed by atoms with Crippen LogP contribution in [0.25, 0.3) is 11.0 Å². The van der Waals surface area contributed by atoms with Crippen LogP contribution >= 0.6 is 0 Å². The summed E-state index contributed by atoms with van der Waals surface area (Å²) >= 11 is 0. The Morgan fingerprint density at radius 1 is 1.14 bits per heavy atom. The van der Waals surface area contributed by atoms with E-state index in [9.17, 15) is 0 Å². The van der Waals surface area contributed by atoms with Crippen molar-refractivity contribution in [2.75, 3.05) is 23.3 Å². The Labute approximate surface area is 166 Å². The number of nitrogens with one attached hydrogen (secondary N) is 2. The largest absolute Gasteiger partial charge is 0.365 e. The second-order valence-electron chi connectivity index (χ2n) is 7.72. The van der Waals surface area contributed by atoms with Crippen molar-refractivity contribution < 1.29 is 4.52 Å². The minimum Gasteiger partial charge on any atom is -0.365 e. The van der Waals surface area contributed by atoms with Gasteiger partial charge in [0, 0.05) is 25.0 Å². The Morgan fingerprint density at radius 3 is 3.00 bits per heavy atom. The minimum absolute atomic E-state index is 0.253. The molecule has 1 aliphatic heterocycles. The van der Waals surface area contributed by atoms with E-state index in [1.54, 1.807) is 12.5 Å². The lowest BCUT2D eigenvalue weighted by Crippen LogP contribution is -2.27. The summed E-state index contributed by atoms with van der Waals surface area (Å²) in [6.45, 7) is 1.68. The zero-order chi connectivity index (χ0) is 19.2. The van der Waals surface area contributed by atoms with Crippen LogP contribution in [0.4, 0.5) is 11.8 Å². The van der Waals surface area contributed by atoms with Crippen LogP contribution in [-0.4, -0.2) is 49.4 Å². The van der Waals surface area contributed by atoms with Crippen LogP contribution in [0.5, 0.6) is 0 Å². The maximum Gasteiger partial charge on any atom is 0.266 e. The van der Waals surface area contributed by atoms with Gasteiger partial charge in [-0.15, -0.1) is 0 Å². The molecule has 0 bridgehead atoms. The van der Waals surface area contributed by atoms with E-state index in [0.29, 0.717) is 17.8 Å². The molecule has 3 aromatic heterocycles. The summed E-state index contributed by atoms with van der Waals surface area (Å²) < 4.78 is 5.60. The van der Waals surface area contributed by atoms with E-state index in [2.05, 4.69) is 59.8 Å². The summed E-state index contributed by atoms with van der Waals surface area (Å²) in [7, 11) is 0. The fourth-order valence-corrected chi connectivity index (χ4v) is 4.18.